The molecular weight excluding hydrogens is 162 g/mol. The van der Waals surface area contributed by atoms with E-state index in [4.69, 9.17) is 5.53 Å². The molecule has 0 fully saturated rings. The van der Waals surface area contributed by atoms with Crippen LogP contribution in [0.25, 0.3) is 10.4 Å². The fraction of sp³-hybridized carbons (Fsp3) is 0.400. The topological polar surface area (TPSA) is 48.8 Å². The van der Waals surface area contributed by atoms with Crippen molar-refractivity contribution in [3.8, 4) is 0 Å². The summed E-state index contributed by atoms with van der Waals surface area (Å²) in [6.07, 6.45) is 0.836. The summed E-state index contributed by atoms with van der Waals surface area (Å²) in [7, 11) is 0. The van der Waals surface area contributed by atoms with E-state index in [0.29, 0.717) is 6.54 Å². The molecule has 1 aromatic rings. The van der Waals surface area contributed by atoms with Crippen LogP contribution in [0.4, 0.5) is 0 Å². The molecule has 0 atom stereocenters. The van der Waals surface area contributed by atoms with E-state index in [9.17, 15) is 0 Å². The van der Waals surface area contributed by atoms with E-state index in [1.807, 2.05) is 6.07 Å². The first-order valence-electron chi connectivity index (χ1n) is 4.31. The second kappa shape index (κ2) is 4.53. The maximum atomic E-state index is 8.14. The number of nitrogens with zero attached hydrogens (tertiary/aromatic N) is 3. The first kappa shape index (κ1) is 9.62. The molecule has 0 aliphatic heterocycles. The van der Waals surface area contributed by atoms with Crippen molar-refractivity contribution in [1.82, 2.24) is 0 Å². The first-order chi connectivity index (χ1) is 6.25. The standard InChI is InChI=1S/C10H13N3/c1-8-4-3-5-9(2)10(8)6-7-12-13-11/h3-5H,6-7H2,1-2H3. The van der Waals surface area contributed by atoms with Gasteiger partial charge in [0.2, 0.25) is 0 Å². The lowest BCUT2D eigenvalue weighted by molar-refractivity contribution is 0.936. The molecule has 0 bridgehead atoms. The molecule has 0 aliphatic carbocycles. The van der Waals surface area contributed by atoms with Crippen LogP contribution in [0.15, 0.2) is 23.3 Å². The smallest absolute Gasteiger partial charge is 0.0298 e. The highest BCUT2D eigenvalue weighted by molar-refractivity contribution is 5.33. The summed E-state index contributed by atoms with van der Waals surface area (Å²) < 4.78 is 0. The molecule has 0 spiro atoms. The predicted molar refractivity (Wildman–Crippen MR) is 53.6 cm³/mol. The SMILES string of the molecule is Cc1cccc(C)c1CCN=[N+]=[N-]. The van der Waals surface area contributed by atoms with Crippen LogP contribution < -0.4 is 0 Å². The van der Waals surface area contributed by atoms with Crippen molar-refractivity contribution in [3.63, 3.8) is 0 Å². The molecule has 0 saturated heterocycles. The van der Waals surface area contributed by atoms with E-state index in [1.165, 1.54) is 16.7 Å². The van der Waals surface area contributed by atoms with Crippen molar-refractivity contribution in [1.29, 1.82) is 0 Å². The van der Waals surface area contributed by atoms with Gasteiger partial charge in [-0.1, -0.05) is 23.3 Å². The summed E-state index contributed by atoms with van der Waals surface area (Å²) in [6, 6.07) is 6.21. The second-order valence-corrected chi connectivity index (χ2v) is 3.07. The molecule has 0 radical (unpaired) electrons. The van der Waals surface area contributed by atoms with Crippen LogP contribution in [-0.4, -0.2) is 6.54 Å². The summed E-state index contributed by atoms with van der Waals surface area (Å²) in [5.41, 5.74) is 12.0. The van der Waals surface area contributed by atoms with Gasteiger partial charge in [0, 0.05) is 11.5 Å². The molecule has 0 heterocycles. The van der Waals surface area contributed by atoms with E-state index in [1.54, 1.807) is 0 Å². The highest BCUT2D eigenvalue weighted by Gasteiger charge is 1.99. The fourth-order valence-electron chi connectivity index (χ4n) is 1.45. The molecule has 0 unspecified atom stereocenters. The minimum absolute atomic E-state index is 0.544. The average Bonchev–Trinajstić information content (AvgIpc) is 2.10. The lowest BCUT2D eigenvalue weighted by Crippen LogP contribution is -1.95. The van der Waals surface area contributed by atoms with Gasteiger partial charge in [-0.2, -0.15) is 0 Å². The van der Waals surface area contributed by atoms with Crippen molar-refractivity contribution in [2.45, 2.75) is 20.3 Å². The molecule has 68 valence electrons. The minimum atomic E-state index is 0.544. The summed E-state index contributed by atoms with van der Waals surface area (Å²) in [4.78, 5) is 2.74. The van der Waals surface area contributed by atoms with Gasteiger partial charge < -0.3 is 0 Å². The van der Waals surface area contributed by atoms with Gasteiger partial charge in [-0.15, -0.1) is 0 Å². The Labute approximate surface area is 78.0 Å². The largest absolute Gasteiger partial charge is 0.0936 e. The van der Waals surface area contributed by atoms with Crippen LogP contribution in [0.2, 0.25) is 0 Å². The van der Waals surface area contributed by atoms with Crippen LogP contribution >= 0.6 is 0 Å². The lowest BCUT2D eigenvalue weighted by atomic mass is 10.0. The molecule has 0 aliphatic rings. The third kappa shape index (κ3) is 2.49. The molecule has 0 aromatic heterocycles. The molecule has 0 amide bonds. The van der Waals surface area contributed by atoms with Crippen LogP contribution in [0.3, 0.4) is 0 Å². The van der Waals surface area contributed by atoms with Crippen molar-refractivity contribution >= 4 is 0 Å². The molecule has 3 nitrogen and oxygen atoms in total. The van der Waals surface area contributed by atoms with Crippen molar-refractivity contribution in [2.24, 2.45) is 5.11 Å². The molecule has 1 aromatic carbocycles. The van der Waals surface area contributed by atoms with Gasteiger partial charge in [0.25, 0.3) is 0 Å². The zero-order chi connectivity index (χ0) is 9.68. The molecular formula is C10H13N3. The van der Waals surface area contributed by atoms with Crippen molar-refractivity contribution in [3.05, 3.63) is 45.3 Å². The van der Waals surface area contributed by atoms with E-state index >= 15 is 0 Å². The summed E-state index contributed by atoms with van der Waals surface area (Å²) in [5.74, 6) is 0. The van der Waals surface area contributed by atoms with Gasteiger partial charge in [-0.25, -0.2) is 0 Å². The number of aryl methyl sites for hydroxylation is 2. The van der Waals surface area contributed by atoms with Crippen LogP contribution in [0.5, 0.6) is 0 Å². The third-order valence-corrected chi connectivity index (χ3v) is 2.17. The van der Waals surface area contributed by atoms with Crippen molar-refractivity contribution < 1.29 is 0 Å². The third-order valence-electron chi connectivity index (χ3n) is 2.17. The summed E-state index contributed by atoms with van der Waals surface area (Å²) >= 11 is 0. The van der Waals surface area contributed by atoms with Gasteiger partial charge >= 0.3 is 0 Å². The van der Waals surface area contributed by atoms with E-state index in [0.717, 1.165) is 6.42 Å². The molecule has 3 heteroatoms. The first-order valence-corrected chi connectivity index (χ1v) is 4.31. The van der Waals surface area contributed by atoms with Gasteiger partial charge in [0.05, 0.1) is 0 Å². The van der Waals surface area contributed by atoms with E-state index in [-0.39, 0.29) is 0 Å². The Morgan fingerprint density at radius 3 is 2.46 bits per heavy atom. The maximum absolute atomic E-state index is 8.14. The fourth-order valence-corrected chi connectivity index (χ4v) is 1.45. The van der Waals surface area contributed by atoms with Crippen molar-refractivity contribution in [2.75, 3.05) is 6.54 Å². The van der Waals surface area contributed by atoms with Gasteiger partial charge in [-0.05, 0) is 42.5 Å². The van der Waals surface area contributed by atoms with Crippen LogP contribution in [-0.2, 0) is 6.42 Å². The average molecular weight is 175 g/mol. The number of hydrogen-bond acceptors (Lipinski definition) is 1. The minimum Gasteiger partial charge on any atom is -0.0936 e. The normalized spacial score (nSPS) is 9.38. The molecule has 1 rings (SSSR count). The quantitative estimate of drug-likeness (QED) is 0.385. The number of benzene rings is 1. The van der Waals surface area contributed by atoms with Gasteiger partial charge in [0.1, 0.15) is 0 Å². The zero-order valence-corrected chi connectivity index (χ0v) is 7.99. The molecule has 13 heavy (non-hydrogen) atoms. The predicted octanol–water partition coefficient (Wildman–Crippen LogP) is 3.16. The van der Waals surface area contributed by atoms with E-state index in [2.05, 4.69) is 36.0 Å². The van der Waals surface area contributed by atoms with Crippen LogP contribution in [0.1, 0.15) is 16.7 Å². The monoisotopic (exact) mass is 175 g/mol. The Hall–Kier alpha value is -1.47. The molecule has 0 saturated carbocycles. The van der Waals surface area contributed by atoms with Crippen LogP contribution in [0, 0.1) is 13.8 Å². The highest BCUT2D eigenvalue weighted by Crippen LogP contribution is 2.13. The van der Waals surface area contributed by atoms with E-state index < -0.39 is 0 Å². The Morgan fingerprint density at radius 2 is 1.92 bits per heavy atom. The van der Waals surface area contributed by atoms with Gasteiger partial charge in [-0.3, -0.25) is 0 Å². The summed E-state index contributed by atoms with van der Waals surface area (Å²) in [5, 5.41) is 3.53. The Morgan fingerprint density at radius 1 is 1.31 bits per heavy atom. The zero-order valence-electron chi connectivity index (χ0n) is 7.99. The Kier molecular flexibility index (Phi) is 3.35. The molecule has 0 N–H and O–H groups in total. The lowest BCUT2D eigenvalue weighted by Gasteiger charge is -2.06. The number of rotatable bonds is 3. The number of azide groups is 1. The Balaban J connectivity index is 2.80. The second-order valence-electron chi connectivity index (χ2n) is 3.07. The number of hydrogen-bond donors (Lipinski definition) is 0. The van der Waals surface area contributed by atoms with Gasteiger partial charge in [0.15, 0.2) is 0 Å². The maximum Gasteiger partial charge on any atom is 0.0298 e. The summed E-state index contributed by atoms with van der Waals surface area (Å²) in [6.45, 7) is 4.71. The Bertz CT molecular complexity index is 318. The highest BCUT2D eigenvalue weighted by atomic mass is 15.1.